The monoisotopic (exact) mass is 1040 g/mol. The second kappa shape index (κ2) is 14.4. The van der Waals surface area contributed by atoms with Crippen molar-refractivity contribution in [3.8, 4) is 194 Å². The summed E-state index contributed by atoms with van der Waals surface area (Å²) < 4.78 is 5.67. The molecule has 10 rings (SSSR count). The summed E-state index contributed by atoms with van der Waals surface area (Å²) in [6.45, 7) is 0. The highest BCUT2D eigenvalue weighted by Gasteiger charge is 2.41. The van der Waals surface area contributed by atoms with Gasteiger partial charge in [0.25, 0.3) is 0 Å². The molecule has 0 unspecified atom stereocenters. The first-order valence-corrected chi connectivity index (χ1v) is 20.2. The third kappa shape index (κ3) is 5.20. The van der Waals surface area contributed by atoms with E-state index in [4.69, 9.17) is 4.42 Å². The molecular formula is C46H28O29. The zero-order valence-electron chi connectivity index (χ0n) is 35.9. The normalized spacial score (nSPS) is 11.9. The fraction of sp³-hybridized carbons (Fsp3) is 0. The molecule has 386 valence electrons. The lowest BCUT2D eigenvalue weighted by Gasteiger charge is -2.25. The van der Waals surface area contributed by atoms with Gasteiger partial charge < -0.3 is 147 Å². The highest BCUT2D eigenvalue weighted by atomic mass is 16.4. The molecule has 0 aliphatic rings. The van der Waals surface area contributed by atoms with Crippen LogP contribution in [0.2, 0.25) is 0 Å². The maximum absolute atomic E-state index is 12.0. The molecule has 0 saturated carbocycles. The van der Waals surface area contributed by atoms with Crippen LogP contribution >= 0.6 is 0 Å². The van der Waals surface area contributed by atoms with Gasteiger partial charge in [0, 0.05) is 54.6 Å². The molecule has 1 aromatic heterocycles. The molecule has 75 heavy (non-hydrogen) atoms. The third-order valence-corrected chi connectivity index (χ3v) is 12.9. The Morgan fingerprint density at radius 1 is 0.120 bits per heavy atom. The number of benzene rings is 9. The maximum Gasteiger partial charge on any atom is 0.205 e. The quantitative estimate of drug-likeness (QED) is 0.0631. The number of hydrogen-bond acceptors (Lipinski definition) is 29. The smallest absolute Gasteiger partial charge is 0.205 e. The van der Waals surface area contributed by atoms with Crippen LogP contribution in [0.15, 0.2) is 4.42 Å². The molecule has 0 bridgehead atoms. The SMILES string of the molecule is Oc1c(O)c(-c2c3c(O)c(O)c(O)c(O)c3c(-c3c(O)c(O)c(O)c4oc5c6c(O)c(O)c(O)c(O)c6c(O)c(O)c5c34)c3c(O)c(O)c(O)c(O)c23)c(O)c(O)c1-c1c(O)c(O)c(O)c2c(O)c(O)c(O)c(O)c12. The van der Waals surface area contributed by atoms with Crippen LogP contribution in [0, 0.1) is 0 Å². The standard InChI is InChI=1S/C46H28O29/c47-17-3-1(7-10-15-32(62)28(58)14-16(33(63)42(72)41(71)31(14)61)45(15)75-46(10)44(74)43(73)21(7)51)4-6(20(50)38(68)36(66)18(4)48)2(5(3)19(49)37(67)35(17)65)11-24(54)26(56)12(27(57)25(11)55)8-9-13(29(59)34(64)22(8)52)30(60)40(70)39(69)23(9)53/h47-74H. The molecule has 28 N–H and O–H groups in total. The van der Waals surface area contributed by atoms with Crippen molar-refractivity contribution in [2.75, 3.05) is 0 Å². The molecular weight excluding hydrogens is 1020 g/mol. The topological polar surface area (TPSA) is 580 Å². The predicted molar refractivity (Wildman–Crippen MR) is 247 cm³/mol. The zero-order valence-corrected chi connectivity index (χ0v) is 35.9. The highest BCUT2D eigenvalue weighted by molar-refractivity contribution is 6.35. The highest BCUT2D eigenvalue weighted by Crippen LogP contribution is 2.70. The van der Waals surface area contributed by atoms with Gasteiger partial charge in [0.1, 0.15) is 0 Å². The first-order chi connectivity index (χ1) is 35.0. The number of furan rings is 1. The second-order valence-electron chi connectivity index (χ2n) is 16.5. The lowest BCUT2D eigenvalue weighted by Crippen LogP contribution is -1.97. The van der Waals surface area contributed by atoms with Crippen LogP contribution in [-0.2, 0) is 0 Å². The summed E-state index contributed by atoms with van der Waals surface area (Å²) in [4.78, 5) is 0. The molecule has 29 nitrogen and oxygen atoms in total. The molecule has 9 aromatic carbocycles. The summed E-state index contributed by atoms with van der Waals surface area (Å²) in [5, 5.41) is 301. The van der Waals surface area contributed by atoms with E-state index in [9.17, 15) is 143 Å². The number of rotatable bonds is 3. The lowest BCUT2D eigenvalue weighted by molar-refractivity contribution is 0.346. The van der Waals surface area contributed by atoms with Crippen LogP contribution in [0.3, 0.4) is 0 Å². The summed E-state index contributed by atoms with van der Waals surface area (Å²) in [6.07, 6.45) is 0. The van der Waals surface area contributed by atoms with E-state index in [1.807, 2.05) is 0 Å². The average molecular weight is 1040 g/mol. The van der Waals surface area contributed by atoms with Gasteiger partial charge in [0.2, 0.25) is 63.2 Å². The van der Waals surface area contributed by atoms with Crippen LogP contribution in [0.1, 0.15) is 0 Å². The van der Waals surface area contributed by atoms with E-state index in [1.54, 1.807) is 0 Å². The lowest BCUT2D eigenvalue weighted by atomic mass is 9.81. The van der Waals surface area contributed by atoms with E-state index in [2.05, 4.69) is 0 Å². The number of hydrogen-bond donors (Lipinski definition) is 28. The summed E-state index contributed by atoms with van der Waals surface area (Å²) in [6, 6.07) is 0. The molecule has 29 heteroatoms. The Bertz CT molecular complexity index is 4320. The number of phenols is 28. The van der Waals surface area contributed by atoms with Gasteiger partial charge in [-0.1, -0.05) is 0 Å². The Morgan fingerprint density at radius 3 is 0.667 bits per heavy atom. The molecule has 0 spiro atoms. The second-order valence-corrected chi connectivity index (χ2v) is 16.5. The predicted octanol–water partition coefficient (Wildman–Crippen LogP) is 4.96. The molecule has 0 saturated heterocycles. The number of aromatic hydroxyl groups is 28. The van der Waals surface area contributed by atoms with Gasteiger partial charge in [0.05, 0.1) is 32.7 Å². The fourth-order valence-corrected chi connectivity index (χ4v) is 9.50. The Morgan fingerprint density at radius 2 is 0.307 bits per heavy atom. The maximum atomic E-state index is 12.0. The molecule has 0 aliphatic heterocycles. The van der Waals surface area contributed by atoms with Gasteiger partial charge in [-0.05, 0) is 0 Å². The van der Waals surface area contributed by atoms with E-state index in [1.165, 1.54) is 0 Å². The van der Waals surface area contributed by atoms with Crippen molar-refractivity contribution in [3.05, 3.63) is 0 Å². The molecule has 0 radical (unpaired) electrons. The minimum atomic E-state index is -1.93. The average Bonchev–Trinajstić information content (AvgIpc) is 3.78. The molecule has 0 aliphatic carbocycles. The molecule has 0 atom stereocenters. The zero-order chi connectivity index (χ0) is 55.3. The largest absolute Gasteiger partial charge is 0.504 e. The number of fused-ring (bicyclic) bond motifs is 8. The van der Waals surface area contributed by atoms with E-state index in [0.717, 1.165) is 0 Å². The van der Waals surface area contributed by atoms with E-state index in [0.29, 0.717) is 0 Å². The van der Waals surface area contributed by atoms with Gasteiger partial charge in [-0.3, -0.25) is 0 Å². The summed E-state index contributed by atoms with van der Waals surface area (Å²) in [7, 11) is 0. The van der Waals surface area contributed by atoms with Gasteiger partial charge in [-0.15, -0.1) is 0 Å². The van der Waals surface area contributed by atoms with Gasteiger partial charge in [-0.2, -0.15) is 0 Å². The Labute approximate surface area is 406 Å². The Kier molecular flexibility index (Phi) is 9.01. The van der Waals surface area contributed by atoms with Crippen molar-refractivity contribution in [1.29, 1.82) is 0 Å². The van der Waals surface area contributed by atoms with Crippen molar-refractivity contribution >= 4 is 65.0 Å². The van der Waals surface area contributed by atoms with Crippen LogP contribution in [-0.4, -0.2) is 143 Å². The van der Waals surface area contributed by atoms with Gasteiger partial charge in [0.15, 0.2) is 109 Å². The van der Waals surface area contributed by atoms with Crippen molar-refractivity contribution < 1.29 is 147 Å². The Hall–Kier alpha value is -11.8. The minimum Gasteiger partial charge on any atom is -0.504 e. The first kappa shape index (κ1) is 46.9. The fourth-order valence-electron chi connectivity index (χ4n) is 9.50. The van der Waals surface area contributed by atoms with Crippen molar-refractivity contribution in [3.63, 3.8) is 0 Å². The minimum absolute atomic E-state index is 1.04. The Balaban J connectivity index is 1.49. The number of phenolic OH excluding ortho intramolecular Hbond substituents is 28. The first-order valence-electron chi connectivity index (χ1n) is 20.2. The summed E-state index contributed by atoms with van der Waals surface area (Å²) >= 11 is 0. The van der Waals surface area contributed by atoms with Crippen molar-refractivity contribution in [1.82, 2.24) is 0 Å². The molecule has 10 aromatic rings. The van der Waals surface area contributed by atoms with E-state index < -0.39 is 259 Å². The van der Waals surface area contributed by atoms with Crippen molar-refractivity contribution in [2.45, 2.75) is 0 Å². The van der Waals surface area contributed by atoms with Gasteiger partial charge in [-0.25, -0.2) is 0 Å². The van der Waals surface area contributed by atoms with Crippen LogP contribution in [0.4, 0.5) is 0 Å². The van der Waals surface area contributed by atoms with Crippen LogP contribution in [0.25, 0.3) is 98.4 Å². The van der Waals surface area contributed by atoms with Crippen LogP contribution in [0.5, 0.6) is 161 Å². The molecule has 0 fully saturated rings. The van der Waals surface area contributed by atoms with Crippen molar-refractivity contribution in [2.24, 2.45) is 0 Å². The summed E-state index contributed by atoms with van der Waals surface area (Å²) in [5.74, 6) is -47.3. The van der Waals surface area contributed by atoms with E-state index in [-0.39, 0.29) is 0 Å². The molecule has 1 heterocycles. The molecule has 0 amide bonds. The van der Waals surface area contributed by atoms with E-state index >= 15 is 0 Å². The third-order valence-electron chi connectivity index (χ3n) is 12.9. The van der Waals surface area contributed by atoms with Gasteiger partial charge >= 0.3 is 0 Å². The summed E-state index contributed by atoms with van der Waals surface area (Å²) in [5.41, 5.74) is -11.1. The van der Waals surface area contributed by atoms with Crippen LogP contribution < -0.4 is 0 Å².